The molecule has 0 aliphatic carbocycles. The lowest BCUT2D eigenvalue weighted by atomic mass is 10.0. The number of fused-ring (bicyclic) bond motifs is 1. The average molecular weight is 604 g/mol. The minimum atomic E-state index is -0.347. The van der Waals surface area contributed by atoms with E-state index in [9.17, 15) is 15.0 Å². The number of aryl methyl sites for hydroxylation is 2. The molecule has 1 saturated heterocycles. The number of amides is 1. The number of rotatable bonds is 9. The molecule has 8 heteroatoms. The van der Waals surface area contributed by atoms with Crippen molar-refractivity contribution >= 4 is 33.9 Å². The molecular weight excluding hydrogens is 562 g/mol. The maximum Gasteiger partial charge on any atom is 0.255 e. The fourth-order valence-electron chi connectivity index (χ4n) is 6.23. The van der Waals surface area contributed by atoms with Crippen LogP contribution in [0.3, 0.4) is 0 Å². The Labute approximate surface area is 264 Å². The van der Waals surface area contributed by atoms with Crippen molar-refractivity contribution < 1.29 is 15.0 Å². The van der Waals surface area contributed by atoms with Crippen LogP contribution in [-0.4, -0.2) is 70.3 Å². The van der Waals surface area contributed by atoms with Crippen molar-refractivity contribution in [2.75, 3.05) is 50.4 Å². The highest BCUT2D eigenvalue weighted by Gasteiger charge is 2.17. The van der Waals surface area contributed by atoms with Crippen LogP contribution in [0.5, 0.6) is 11.5 Å². The summed E-state index contributed by atoms with van der Waals surface area (Å²) < 4.78 is 2.44. The molecule has 1 aliphatic heterocycles. The van der Waals surface area contributed by atoms with Gasteiger partial charge in [0.05, 0.1) is 5.56 Å². The number of aromatic hydroxyl groups is 2. The topological polar surface area (TPSA) is 93.0 Å². The van der Waals surface area contributed by atoms with Gasteiger partial charge in [0.15, 0.2) is 0 Å². The number of carbonyl (C=O) groups excluding carboxylic acids is 1. The fraction of sp³-hybridized carbons (Fsp3) is 0.270. The Kier molecular flexibility index (Phi) is 8.78. The van der Waals surface area contributed by atoms with Crippen LogP contribution in [0.4, 0.5) is 17.1 Å². The Bertz CT molecular complexity index is 1800. The van der Waals surface area contributed by atoms with Gasteiger partial charge in [0.1, 0.15) is 11.5 Å². The summed E-state index contributed by atoms with van der Waals surface area (Å²) in [5.74, 6) is -0.575. The second-order valence-electron chi connectivity index (χ2n) is 12.0. The zero-order valence-electron chi connectivity index (χ0n) is 26.2. The van der Waals surface area contributed by atoms with Crippen molar-refractivity contribution in [3.05, 3.63) is 102 Å². The second kappa shape index (κ2) is 13.1. The van der Waals surface area contributed by atoms with Gasteiger partial charge in [-0.05, 0) is 81.4 Å². The number of aromatic nitrogens is 1. The number of benzene rings is 4. The zero-order chi connectivity index (χ0) is 31.5. The molecule has 232 valence electrons. The first-order valence-corrected chi connectivity index (χ1v) is 15.6. The molecule has 4 N–H and O–H groups in total. The highest BCUT2D eigenvalue weighted by molar-refractivity contribution is 6.05. The Morgan fingerprint density at radius 1 is 0.778 bits per heavy atom. The third-order valence-corrected chi connectivity index (χ3v) is 8.92. The first kappa shape index (κ1) is 30.2. The van der Waals surface area contributed by atoms with Crippen LogP contribution in [0.15, 0.2) is 84.9 Å². The molecule has 0 radical (unpaired) electrons. The van der Waals surface area contributed by atoms with Crippen LogP contribution in [0.2, 0.25) is 0 Å². The van der Waals surface area contributed by atoms with Gasteiger partial charge in [-0.1, -0.05) is 36.4 Å². The smallest absolute Gasteiger partial charge is 0.255 e. The van der Waals surface area contributed by atoms with Gasteiger partial charge in [-0.25, -0.2) is 0 Å². The average Bonchev–Trinajstić information content (AvgIpc) is 3.26. The Morgan fingerprint density at radius 2 is 1.49 bits per heavy atom. The molecule has 0 bridgehead atoms. The summed E-state index contributed by atoms with van der Waals surface area (Å²) >= 11 is 0. The van der Waals surface area contributed by atoms with Gasteiger partial charge >= 0.3 is 0 Å². The summed E-state index contributed by atoms with van der Waals surface area (Å²) in [6.07, 6.45) is 1.12. The van der Waals surface area contributed by atoms with Crippen LogP contribution in [0, 0.1) is 13.8 Å². The molecule has 8 nitrogen and oxygen atoms in total. The molecule has 0 atom stereocenters. The van der Waals surface area contributed by atoms with E-state index in [4.69, 9.17) is 0 Å². The largest absolute Gasteiger partial charge is 0.507 e. The third-order valence-electron chi connectivity index (χ3n) is 8.92. The minimum Gasteiger partial charge on any atom is -0.507 e. The molecule has 1 aromatic heterocycles. The summed E-state index contributed by atoms with van der Waals surface area (Å²) in [7, 11) is 2.19. The Hall–Kier alpha value is -4.79. The van der Waals surface area contributed by atoms with Crippen LogP contribution in [0.1, 0.15) is 28.0 Å². The summed E-state index contributed by atoms with van der Waals surface area (Å²) in [6, 6.07) is 25.8. The molecule has 45 heavy (non-hydrogen) atoms. The SMILES string of the molecule is Cc1c(C)n(CCCN2CCN(C)CC2)c2ccc(Nc3cccc(C(=O)Nc4cc(O)c(-c5ccccc5)c(O)c4)c3)cc12. The number of anilines is 3. The van der Waals surface area contributed by atoms with E-state index >= 15 is 0 Å². The molecule has 0 unspecified atom stereocenters. The van der Waals surface area contributed by atoms with E-state index in [2.05, 4.69) is 64.1 Å². The van der Waals surface area contributed by atoms with Crippen LogP contribution >= 0.6 is 0 Å². The van der Waals surface area contributed by atoms with E-state index in [1.807, 2.05) is 30.3 Å². The Morgan fingerprint density at radius 3 is 2.22 bits per heavy atom. The van der Waals surface area contributed by atoms with Gasteiger partial charge < -0.3 is 35.2 Å². The van der Waals surface area contributed by atoms with E-state index in [0.717, 1.165) is 57.1 Å². The second-order valence-corrected chi connectivity index (χ2v) is 12.0. The first-order chi connectivity index (χ1) is 21.8. The molecule has 2 heterocycles. The van der Waals surface area contributed by atoms with Gasteiger partial charge in [-0.3, -0.25) is 4.79 Å². The van der Waals surface area contributed by atoms with E-state index < -0.39 is 0 Å². The van der Waals surface area contributed by atoms with Crippen molar-refractivity contribution in [3.63, 3.8) is 0 Å². The van der Waals surface area contributed by atoms with E-state index in [1.165, 1.54) is 34.3 Å². The normalized spacial score (nSPS) is 14.1. The fourth-order valence-corrected chi connectivity index (χ4v) is 6.23. The van der Waals surface area contributed by atoms with Crippen molar-refractivity contribution in [2.24, 2.45) is 0 Å². The molecule has 5 aromatic rings. The lowest BCUT2D eigenvalue weighted by Gasteiger charge is -2.32. The van der Waals surface area contributed by atoms with Gasteiger partial charge in [-0.2, -0.15) is 0 Å². The number of likely N-dealkylation sites (N-methyl/N-ethyl adjacent to an activating group) is 1. The van der Waals surface area contributed by atoms with Crippen molar-refractivity contribution in [3.8, 4) is 22.6 Å². The van der Waals surface area contributed by atoms with E-state index in [0.29, 0.717) is 22.4 Å². The summed E-state index contributed by atoms with van der Waals surface area (Å²) in [4.78, 5) is 18.1. The van der Waals surface area contributed by atoms with Gasteiger partial charge in [0, 0.05) is 84.1 Å². The highest BCUT2D eigenvalue weighted by Crippen LogP contribution is 2.39. The number of hydrogen-bond acceptors (Lipinski definition) is 6. The number of piperazine rings is 1. The number of nitrogens with zero attached hydrogens (tertiary/aromatic N) is 3. The number of carbonyl (C=O) groups is 1. The molecule has 1 amide bonds. The lowest BCUT2D eigenvalue weighted by molar-refractivity contribution is 0.102. The molecule has 1 aliphatic rings. The minimum absolute atomic E-state index is 0.114. The van der Waals surface area contributed by atoms with Crippen molar-refractivity contribution in [2.45, 2.75) is 26.8 Å². The Balaban J connectivity index is 1.13. The number of nitrogens with one attached hydrogen (secondary N) is 2. The number of hydrogen-bond donors (Lipinski definition) is 4. The molecule has 0 saturated carbocycles. The zero-order valence-corrected chi connectivity index (χ0v) is 26.2. The maximum atomic E-state index is 13.1. The summed E-state index contributed by atoms with van der Waals surface area (Å²) in [6.45, 7) is 11.1. The molecule has 1 fully saturated rings. The first-order valence-electron chi connectivity index (χ1n) is 15.6. The monoisotopic (exact) mass is 603 g/mol. The molecule has 0 spiro atoms. The van der Waals surface area contributed by atoms with Crippen molar-refractivity contribution in [1.29, 1.82) is 0 Å². The standard InChI is InChI=1S/C37H41N5O3/c1-25-26(2)42(16-8-15-41-19-17-40(3)18-20-41)33-14-13-30(22-32(25)33)38-29-12-7-11-28(21-29)37(45)39-31-23-34(43)36(35(44)24-31)27-9-5-4-6-10-27/h4-7,9-14,21-24,38,43-44H,8,15-20H2,1-3H3,(H,39,45). The van der Waals surface area contributed by atoms with E-state index in [1.54, 1.807) is 24.3 Å². The molecular formula is C37H41N5O3. The quantitative estimate of drug-likeness (QED) is 0.145. The summed E-state index contributed by atoms with van der Waals surface area (Å²) in [5.41, 5.74) is 7.32. The number of phenolic OH excluding ortho intramolecular Hbond substituents is 2. The van der Waals surface area contributed by atoms with Crippen LogP contribution < -0.4 is 10.6 Å². The third kappa shape index (κ3) is 6.67. The van der Waals surface area contributed by atoms with Gasteiger partial charge in [-0.15, -0.1) is 0 Å². The summed E-state index contributed by atoms with van der Waals surface area (Å²) in [5, 5.41) is 28.7. The predicted octanol–water partition coefficient (Wildman–Crippen LogP) is 6.97. The molecule has 6 rings (SSSR count). The van der Waals surface area contributed by atoms with Crippen LogP contribution in [-0.2, 0) is 6.54 Å². The van der Waals surface area contributed by atoms with Crippen molar-refractivity contribution in [1.82, 2.24) is 14.4 Å². The molecule has 4 aromatic carbocycles. The lowest BCUT2D eigenvalue weighted by Crippen LogP contribution is -2.44. The maximum absolute atomic E-state index is 13.1. The van der Waals surface area contributed by atoms with E-state index in [-0.39, 0.29) is 17.4 Å². The van der Waals surface area contributed by atoms with Gasteiger partial charge in [0.25, 0.3) is 5.91 Å². The van der Waals surface area contributed by atoms with Crippen LogP contribution in [0.25, 0.3) is 22.0 Å². The predicted molar refractivity (Wildman–Crippen MR) is 183 cm³/mol. The highest BCUT2D eigenvalue weighted by atomic mass is 16.3. The number of phenols is 2. The van der Waals surface area contributed by atoms with Gasteiger partial charge in [0.2, 0.25) is 0 Å².